The van der Waals surface area contributed by atoms with E-state index in [1.54, 1.807) is 18.2 Å². The molecule has 0 aliphatic rings. The number of aromatic nitrogens is 1. The van der Waals surface area contributed by atoms with Crippen molar-refractivity contribution in [2.75, 3.05) is 24.3 Å². The maximum absolute atomic E-state index is 11.9. The summed E-state index contributed by atoms with van der Waals surface area (Å²) in [4.78, 5) is 24.4. The number of carbonyl (C=O) groups excluding carboxylic acids is 1. The molecule has 2 N–H and O–H groups in total. The van der Waals surface area contributed by atoms with E-state index in [0.29, 0.717) is 5.69 Å². The first-order valence-corrected chi connectivity index (χ1v) is 5.76. The van der Waals surface area contributed by atoms with Crippen molar-refractivity contribution in [3.63, 3.8) is 0 Å². The second-order valence-electron chi connectivity index (χ2n) is 4.28. The molecule has 0 radical (unpaired) electrons. The van der Waals surface area contributed by atoms with E-state index in [4.69, 9.17) is 5.11 Å². The average Bonchev–Trinajstić information content (AvgIpc) is 2.88. The van der Waals surface area contributed by atoms with Crippen molar-refractivity contribution in [2.45, 2.75) is 0 Å². The summed E-state index contributed by atoms with van der Waals surface area (Å²) in [6, 6.07) is 8.29. The first-order chi connectivity index (χ1) is 9.47. The highest BCUT2D eigenvalue weighted by Gasteiger charge is 2.16. The highest BCUT2D eigenvalue weighted by molar-refractivity contribution is 6.04. The minimum absolute atomic E-state index is 0.0855. The van der Waals surface area contributed by atoms with Gasteiger partial charge in [-0.25, -0.2) is 4.79 Å². The molecule has 0 saturated carbocycles. The lowest BCUT2D eigenvalue weighted by molar-refractivity contribution is 0.0651. The zero-order valence-corrected chi connectivity index (χ0v) is 11.0. The Morgan fingerprint density at radius 3 is 2.65 bits per heavy atom. The van der Waals surface area contributed by atoms with Crippen molar-refractivity contribution in [1.82, 2.24) is 5.16 Å². The van der Waals surface area contributed by atoms with Crippen LogP contribution < -0.4 is 10.2 Å². The fourth-order valence-electron chi connectivity index (χ4n) is 1.54. The SMILES string of the molecule is CN(C)c1cccc(NC(=O)c2cc(C(=O)O)on2)c1. The van der Waals surface area contributed by atoms with Crippen molar-refractivity contribution in [3.8, 4) is 0 Å². The van der Waals surface area contributed by atoms with Crippen LogP contribution in [0, 0.1) is 0 Å². The van der Waals surface area contributed by atoms with Crippen LogP contribution in [0.4, 0.5) is 11.4 Å². The largest absolute Gasteiger partial charge is 0.475 e. The third-order valence-electron chi connectivity index (χ3n) is 2.57. The normalized spacial score (nSPS) is 10.1. The van der Waals surface area contributed by atoms with E-state index in [2.05, 4.69) is 15.0 Å². The Balaban J connectivity index is 2.14. The molecule has 0 spiro atoms. The minimum atomic E-state index is -1.27. The Hall–Kier alpha value is -2.83. The number of hydrogen-bond acceptors (Lipinski definition) is 5. The number of carbonyl (C=O) groups is 2. The molecule has 0 fully saturated rings. The van der Waals surface area contributed by atoms with E-state index in [1.165, 1.54) is 0 Å². The fourth-order valence-corrected chi connectivity index (χ4v) is 1.54. The van der Waals surface area contributed by atoms with Crippen LogP contribution in [0.2, 0.25) is 0 Å². The third kappa shape index (κ3) is 2.94. The van der Waals surface area contributed by atoms with Crippen LogP contribution in [0.25, 0.3) is 0 Å². The monoisotopic (exact) mass is 275 g/mol. The van der Waals surface area contributed by atoms with Gasteiger partial charge in [0.05, 0.1) is 0 Å². The quantitative estimate of drug-likeness (QED) is 0.881. The third-order valence-corrected chi connectivity index (χ3v) is 2.57. The number of hydrogen-bond donors (Lipinski definition) is 2. The molecule has 20 heavy (non-hydrogen) atoms. The number of nitrogens with one attached hydrogen (secondary N) is 1. The summed E-state index contributed by atoms with van der Waals surface area (Å²) in [5.74, 6) is -2.18. The van der Waals surface area contributed by atoms with Crippen LogP contribution in [0.3, 0.4) is 0 Å². The smallest absolute Gasteiger partial charge is 0.374 e. The number of aromatic carboxylic acids is 1. The molecule has 1 amide bonds. The van der Waals surface area contributed by atoms with Crippen LogP contribution in [0.1, 0.15) is 21.0 Å². The molecule has 2 rings (SSSR count). The molecule has 0 unspecified atom stereocenters. The van der Waals surface area contributed by atoms with E-state index in [9.17, 15) is 9.59 Å². The molecule has 0 aliphatic heterocycles. The lowest BCUT2D eigenvalue weighted by atomic mass is 10.2. The molecule has 7 nitrogen and oxygen atoms in total. The predicted octanol–water partition coefficient (Wildman–Crippen LogP) is 1.69. The molecule has 2 aromatic rings. The first-order valence-electron chi connectivity index (χ1n) is 5.76. The maximum atomic E-state index is 11.9. The van der Waals surface area contributed by atoms with Crippen LogP contribution >= 0.6 is 0 Å². The van der Waals surface area contributed by atoms with E-state index < -0.39 is 11.9 Å². The molecular weight excluding hydrogens is 262 g/mol. The second-order valence-corrected chi connectivity index (χ2v) is 4.28. The van der Waals surface area contributed by atoms with Crippen molar-refractivity contribution >= 4 is 23.3 Å². The summed E-state index contributed by atoms with van der Waals surface area (Å²) in [5, 5.41) is 14.7. The number of carboxylic acid groups (broad SMARTS) is 1. The summed E-state index contributed by atoms with van der Waals surface area (Å²) in [6.07, 6.45) is 0. The number of carboxylic acids is 1. The molecular formula is C13H13N3O4. The zero-order valence-electron chi connectivity index (χ0n) is 11.0. The van der Waals surface area contributed by atoms with Gasteiger partial charge >= 0.3 is 5.97 Å². The van der Waals surface area contributed by atoms with Crippen LogP contribution in [-0.2, 0) is 0 Å². The molecule has 0 aliphatic carbocycles. The van der Waals surface area contributed by atoms with Gasteiger partial charge < -0.3 is 19.8 Å². The predicted molar refractivity (Wildman–Crippen MR) is 72.2 cm³/mol. The summed E-state index contributed by atoms with van der Waals surface area (Å²) in [5.41, 5.74) is 1.42. The summed E-state index contributed by atoms with van der Waals surface area (Å²) >= 11 is 0. The molecule has 0 atom stereocenters. The highest BCUT2D eigenvalue weighted by atomic mass is 16.5. The van der Waals surface area contributed by atoms with Gasteiger partial charge in [0.1, 0.15) is 0 Å². The summed E-state index contributed by atoms with van der Waals surface area (Å²) < 4.78 is 4.53. The molecule has 1 aromatic carbocycles. The molecule has 0 bridgehead atoms. The molecule has 7 heteroatoms. The lowest BCUT2D eigenvalue weighted by Crippen LogP contribution is -2.13. The summed E-state index contributed by atoms with van der Waals surface area (Å²) in [7, 11) is 3.77. The van der Waals surface area contributed by atoms with Gasteiger partial charge in [-0.15, -0.1) is 0 Å². The number of amides is 1. The average molecular weight is 275 g/mol. The Morgan fingerprint density at radius 2 is 2.05 bits per heavy atom. The van der Waals surface area contributed by atoms with Gasteiger partial charge in [0, 0.05) is 31.5 Å². The van der Waals surface area contributed by atoms with Crippen molar-refractivity contribution in [3.05, 3.63) is 41.8 Å². The number of nitrogens with zero attached hydrogens (tertiary/aromatic N) is 2. The van der Waals surface area contributed by atoms with E-state index in [0.717, 1.165) is 11.8 Å². The van der Waals surface area contributed by atoms with Gasteiger partial charge in [0.15, 0.2) is 5.69 Å². The second kappa shape index (κ2) is 5.43. The van der Waals surface area contributed by atoms with Gasteiger partial charge in [-0.2, -0.15) is 0 Å². The number of rotatable bonds is 4. The van der Waals surface area contributed by atoms with E-state index >= 15 is 0 Å². The Kier molecular flexibility index (Phi) is 3.69. The first kappa shape index (κ1) is 13.6. The Labute approximate surface area is 114 Å². The van der Waals surface area contributed by atoms with E-state index in [1.807, 2.05) is 25.1 Å². The Morgan fingerprint density at radius 1 is 1.30 bits per heavy atom. The van der Waals surface area contributed by atoms with Gasteiger partial charge in [0.2, 0.25) is 5.76 Å². The van der Waals surface area contributed by atoms with Gasteiger partial charge in [0.25, 0.3) is 5.91 Å². The van der Waals surface area contributed by atoms with Gasteiger partial charge in [-0.3, -0.25) is 4.79 Å². The van der Waals surface area contributed by atoms with Crippen LogP contribution in [-0.4, -0.2) is 36.2 Å². The lowest BCUT2D eigenvalue weighted by Gasteiger charge is -2.13. The fraction of sp³-hybridized carbons (Fsp3) is 0.154. The summed E-state index contributed by atoms with van der Waals surface area (Å²) in [6.45, 7) is 0. The van der Waals surface area contributed by atoms with Crippen molar-refractivity contribution in [2.24, 2.45) is 0 Å². The van der Waals surface area contributed by atoms with Crippen molar-refractivity contribution in [1.29, 1.82) is 0 Å². The minimum Gasteiger partial charge on any atom is -0.475 e. The Bertz CT molecular complexity index is 649. The van der Waals surface area contributed by atoms with E-state index in [-0.39, 0.29) is 11.5 Å². The standard InChI is InChI=1S/C13H13N3O4/c1-16(2)9-5-3-4-8(6-9)14-12(17)10-7-11(13(18)19)20-15-10/h3-7H,1-2H3,(H,14,17)(H,18,19). The van der Waals surface area contributed by atoms with Crippen LogP contribution in [0.5, 0.6) is 0 Å². The zero-order chi connectivity index (χ0) is 14.7. The molecule has 1 heterocycles. The van der Waals surface area contributed by atoms with Gasteiger partial charge in [-0.05, 0) is 18.2 Å². The topological polar surface area (TPSA) is 95.7 Å². The number of benzene rings is 1. The van der Waals surface area contributed by atoms with Crippen molar-refractivity contribution < 1.29 is 19.2 Å². The highest BCUT2D eigenvalue weighted by Crippen LogP contribution is 2.18. The maximum Gasteiger partial charge on any atom is 0.374 e. The van der Waals surface area contributed by atoms with Gasteiger partial charge in [-0.1, -0.05) is 11.2 Å². The molecule has 0 saturated heterocycles. The number of anilines is 2. The molecule has 104 valence electrons. The van der Waals surface area contributed by atoms with Crippen LogP contribution in [0.15, 0.2) is 34.9 Å². The molecule has 1 aromatic heterocycles.